The number of nitrogens with one attached hydrogen (secondary N) is 1. The molecule has 2 fully saturated rings. The van der Waals surface area contributed by atoms with Crippen LogP contribution in [0.15, 0.2) is 25.3 Å². The van der Waals surface area contributed by atoms with E-state index in [-0.39, 0.29) is 31.3 Å². The summed E-state index contributed by atoms with van der Waals surface area (Å²) in [6, 6.07) is 0.125. The lowest BCUT2D eigenvalue weighted by molar-refractivity contribution is -0.0463. The highest BCUT2D eigenvalue weighted by atomic mass is 32.7. The number of hydrogen-bond acceptors (Lipinski definition) is 16. The number of imidazole rings is 2. The molecule has 2 aliphatic rings. The molecule has 6 heterocycles. The first-order valence-corrected chi connectivity index (χ1v) is 19.2. The van der Waals surface area contributed by atoms with Crippen molar-refractivity contribution in [1.82, 2.24) is 39.0 Å². The van der Waals surface area contributed by atoms with E-state index in [0.717, 1.165) is 0 Å². The predicted molar refractivity (Wildman–Crippen MR) is 168 cm³/mol. The van der Waals surface area contributed by atoms with Gasteiger partial charge in [0.25, 0.3) is 0 Å². The third kappa shape index (κ3) is 7.00. The van der Waals surface area contributed by atoms with Crippen LogP contribution in [-0.2, 0) is 32.2 Å². The minimum absolute atomic E-state index is 0.125. The van der Waals surface area contributed by atoms with Crippen LogP contribution in [0.2, 0.25) is 0 Å². The Kier molecular flexibility index (Phi) is 9.69. The minimum Gasteiger partial charge on any atom is -0.394 e. The molecule has 0 saturated carbocycles. The van der Waals surface area contributed by atoms with Gasteiger partial charge in [0.1, 0.15) is 48.9 Å². The van der Waals surface area contributed by atoms with Gasteiger partial charge in [-0.05, 0) is 13.8 Å². The monoisotopic (exact) mass is 702 g/mol. The van der Waals surface area contributed by atoms with Crippen molar-refractivity contribution in [2.45, 2.75) is 69.6 Å². The Hall–Kier alpha value is -2.38. The summed E-state index contributed by atoms with van der Waals surface area (Å²) < 4.78 is 57.7. The van der Waals surface area contributed by atoms with Gasteiger partial charge in [-0.3, -0.25) is 22.7 Å². The molecule has 4 N–H and O–H groups in total. The Bertz CT molecular complexity index is 1750. The number of aliphatic hydroxyl groups excluding tert-OH is 1. The number of hydrogen-bond donors (Lipinski definition) is 5. The van der Waals surface area contributed by atoms with Crippen LogP contribution in [0.25, 0.3) is 22.3 Å². The van der Waals surface area contributed by atoms with Crippen LogP contribution in [0.1, 0.15) is 39.1 Å². The molecule has 0 bridgehead atoms. The van der Waals surface area contributed by atoms with E-state index in [1.807, 2.05) is 13.8 Å². The number of aromatic nitrogens is 8. The molecule has 6 rings (SSSR count). The van der Waals surface area contributed by atoms with Crippen LogP contribution in [-0.4, -0.2) is 87.8 Å². The Morgan fingerprint density at radius 2 is 1.67 bits per heavy atom. The van der Waals surface area contributed by atoms with Gasteiger partial charge >= 0.3 is 6.80 Å². The molecule has 8 atom stereocenters. The van der Waals surface area contributed by atoms with Crippen molar-refractivity contribution in [3.63, 3.8) is 0 Å². The van der Waals surface area contributed by atoms with Crippen molar-refractivity contribution in [2.75, 3.05) is 24.3 Å². The molecular weight excluding hydrogens is 670 g/mol. The highest BCUT2D eigenvalue weighted by Crippen LogP contribution is 2.56. The fourth-order valence-electron chi connectivity index (χ4n) is 5.31. The van der Waals surface area contributed by atoms with E-state index in [9.17, 15) is 14.2 Å². The summed E-state index contributed by atoms with van der Waals surface area (Å²) in [5.74, 6) is 0.784. The Balaban J connectivity index is 1.13. The predicted octanol–water partition coefficient (Wildman–Crippen LogP) is 2.78. The second kappa shape index (κ2) is 13.4. The second-order valence-electron chi connectivity index (χ2n) is 10.7. The summed E-state index contributed by atoms with van der Waals surface area (Å²) in [6.45, 7) is -0.779. The van der Waals surface area contributed by atoms with Gasteiger partial charge < -0.3 is 30.2 Å². The highest BCUT2D eigenvalue weighted by Gasteiger charge is 2.43. The van der Waals surface area contributed by atoms with Crippen molar-refractivity contribution in [1.29, 1.82) is 0 Å². The van der Waals surface area contributed by atoms with Gasteiger partial charge in [-0.2, -0.15) is 0 Å². The number of ether oxygens (including phenoxy) is 2. The number of thiol groups is 2. The molecule has 244 valence electrons. The molecule has 2 aliphatic heterocycles. The van der Waals surface area contributed by atoms with Crippen molar-refractivity contribution < 1.29 is 37.3 Å². The van der Waals surface area contributed by atoms with Gasteiger partial charge in [0.2, 0.25) is 7.23 Å². The maximum Gasteiger partial charge on any atom is 0.386 e. The molecular formula is C23H32N10O8P2S2. The quantitative estimate of drug-likeness (QED) is 0.106. The fourth-order valence-corrected chi connectivity index (χ4v) is 7.75. The standard InChI is InChI=1S/C23H32N10O8P2S2/c1-11(2)31-21-19-23(28-8-26-21)33(10-30-19)17-4-13(14(5-34)38-17)41-43(36,45)37-6-15-12(40-42(35)44)3-16(39-15)32-9-29-18-20(24)25-7-27-22(18)32/h7-17,34,42H,3-6H2,1-2H3,(H,35,44)(H,36,45)(H2,24,25,27)(H,26,28,31)/t12-,13-,14+,15+,16+,17+,43?/m0/s1. The number of nitrogens with two attached hydrogens (primary N) is 1. The van der Waals surface area contributed by atoms with Gasteiger partial charge in [-0.1, -0.05) is 24.5 Å². The van der Waals surface area contributed by atoms with Crippen LogP contribution >= 0.6 is 38.5 Å². The summed E-state index contributed by atoms with van der Waals surface area (Å²) >= 11 is 8.09. The first kappa shape index (κ1) is 32.6. The minimum atomic E-state index is -4.04. The lowest BCUT2D eigenvalue weighted by Gasteiger charge is -2.23. The molecule has 0 aliphatic carbocycles. The topological polar surface area (TPSA) is 226 Å². The Morgan fingerprint density at radius 3 is 2.33 bits per heavy atom. The number of nitrogen functional groups attached to an aromatic ring is 1. The number of aliphatic hydroxyl groups is 1. The van der Waals surface area contributed by atoms with Crippen molar-refractivity contribution in [3.8, 4) is 0 Å². The smallest absolute Gasteiger partial charge is 0.386 e. The number of rotatable bonds is 12. The van der Waals surface area contributed by atoms with Crippen molar-refractivity contribution >= 4 is 72.5 Å². The zero-order valence-corrected chi connectivity index (χ0v) is 27.7. The van der Waals surface area contributed by atoms with E-state index < -0.39 is 57.5 Å². The Morgan fingerprint density at radius 1 is 1.04 bits per heavy atom. The third-order valence-electron chi connectivity index (χ3n) is 7.26. The van der Waals surface area contributed by atoms with E-state index in [2.05, 4.69) is 59.7 Å². The highest BCUT2D eigenvalue weighted by molar-refractivity contribution is 8.44. The molecule has 18 nitrogen and oxygen atoms in total. The van der Waals surface area contributed by atoms with Crippen LogP contribution in [0.4, 0.5) is 11.6 Å². The average molecular weight is 703 g/mol. The summed E-state index contributed by atoms with van der Waals surface area (Å²) in [5.41, 5.74) is 7.81. The molecule has 0 radical (unpaired) electrons. The summed E-state index contributed by atoms with van der Waals surface area (Å²) in [4.78, 5) is 25.5. The fraction of sp³-hybridized carbons (Fsp3) is 0.565. The number of nitrogens with zero attached hydrogens (tertiary/aromatic N) is 8. The SMILES string of the molecule is CC(C)Nc1ncnc2c1ncn2[C@H]1C[C@H](OP(=O)(S)OC[C@H]2O[C@@H](n3cnc4c(N)ncnc43)C[C@@H]2O[PH](=O)S)[C@@H](CO)O1. The van der Waals surface area contributed by atoms with Gasteiger partial charge in [0.05, 0.1) is 32.0 Å². The molecule has 4 aromatic heterocycles. The molecule has 2 unspecified atom stereocenters. The van der Waals surface area contributed by atoms with E-state index >= 15 is 0 Å². The molecule has 0 amide bonds. The molecule has 0 aromatic carbocycles. The maximum atomic E-state index is 13.4. The van der Waals surface area contributed by atoms with Gasteiger partial charge in [0, 0.05) is 18.9 Å². The lowest BCUT2D eigenvalue weighted by atomic mass is 10.2. The van der Waals surface area contributed by atoms with Crippen LogP contribution in [0.3, 0.4) is 0 Å². The van der Waals surface area contributed by atoms with E-state index in [4.69, 9.17) is 28.8 Å². The van der Waals surface area contributed by atoms with E-state index in [1.165, 1.54) is 19.0 Å². The molecule has 4 aromatic rings. The maximum absolute atomic E-state index is 13.4. The molecule has 2 saturated heterocycles. The first-order valence-electron chi connectivity index (χ1n) is 13.9. The number of anilines is 2. The molecule has 45 heavy (non-hydrogen) atoms. The average Bonchev–Trinajstić information content (AvgIpc) is 3.76. The van der Waals surface area contributed by atoms with Crippen LogP contribution < -0.4 is 11.1 Å². The van der Waals surface area contributed by atoms with Gasteiger partial charge in [0.15, 0.2) is 28.4 Å². The zero-order chi connectivity index (χ0) is 31.9. The van der Waals surface area contributed by atoms with Gasteiger partial charge in [-0.25, -0.2) is 34.5 Å². The lowest BCUT2D eigenvalue weighted by Crippen LogP contribution is -2.29. The Labute approximate surface area is 267 Å². The second-order valence-corrected chi connectivity index (χ2v) is 15.4. The van der Waals surface area contributed by atoms with Crippen LogP contribution in [0, 0.1) is 0 Å². The van der Waals surface area contributed by atoms with Crippen molar-refractivity contribution in [2.24, 2.45) is 0 Å². The molecule has 22 heteroatoms. The largest absolute Gasteiger partial charge is 0.394 e. The summed E-state index contributed by atoms with van der Waals surface area (Å²) in [6.07, 6.45) is 1.67. The van der Waals surface area contributed by atoms with E-state index in [1.54, 1.807) is 15.5 Å². The first-order chi connectivity index (χ1) is 21.5. The zero-order valence-electron chi connectivity index (χ0n) is 24.0. The van der Waals surface area contributed by atoms with Crippen molar-refractivity contribution in [3.05, 3.63) is 25.3 Å². The normalized spacial score (nSPS) is 27.4. The molecule has 0 spiro atoms. The number of fused-ring (bicyclic) bond motifs is 2. The van der Waals surface area contributed by atoms with Gasteiger partial charge in [-0.15, -0.1) is 0 Å². The third-order valence-corrected chi connectivity index (χ3v) is 9.72. The summed E-state index contributed by atoms with van der Waals surface area (Å²) in [5, 5.41) is 13.3. The van der Waals surface area contributed by atoms with E-state index in [0.29, 0.717) is 28.1 Å². The summed E-state index contributed by atoms with van der Waals surface area (Å²) in [7, 11) is -2.67. The van der Waals surface area contributed by atoms with Crippen LogP contribution in [0.5, 0.6) is 0 Å².